The van der Waals surface area contributed by atoms with E-state index in [9.17, 15) is 5.11 Å². The SMILES string of the molecule is CCNC(=NCC(CC)(CC)CCO)NCC1CCCN(CC)C1.I. The summed E-state index contributed by atoms with van der Waals surface area (Å²) >= 11 is 0. The molecule has 1 heterocycles. The maximum atomic E-state index is 9.37. The van der Waals surface area contributed by atoms with E-state index < -0.39 is 0 Å². The number of halogens is 1. The van der Waals surface area contributed by atoms with Crippen molar-refractivity contribution in [2.45, 2.75) is 59.8 Å². The molecule has 25 heavy (non-hydrogen) atoms. The first kappa shape index (κ1) is 24.9. The van der Waals surface area contributed by atoms with Crippen molar-refractivity contribution in [3.63, 3.8) is 0 Å². The van der Waals surface area contributed by atoms with Gasteiger partial charge in [-0.1, -0.05) is 20.8 Å². The monoisotopic (exact) mass is 468 g/mol. The van der Waals surface area contributed by atoms with Gasteiger partial charge in [-0.2, -0.15) is 0 Å². The first-order valence-corrected chi connectivity index (χ1v) is 9.98. The van der Waals surface area contributed by atoms with Gasteiger partial charge in [0.15, 0.2) is 5.96 Å². The minimum Gasteiger partial charge on any atom is -0.396 e. The topological polar surface area (TPSA) is 59.9 Å². The van der Waals surface area contributed by atoms with E-state index in [-0.39, 0.29) is 36.0 Å². The van der Waals surface area contributed by atoms with Crippen LogP contribution in [0.15, 0.2) is 4.99 Å². The van der Waals surface area contributed by atoms with Gasteiger partial charge in [-0.05, 0) is 63.5 Å². The van der Waals surface area contributed by atoms with Crippen molar-refractivity contribution in [3.05, 3.63) is 0 Å². The van der Waals surface area contributed by atoms with Crippen LogP contribution >= 0.6 is 24.0 Å². The Balaban J connectivity index is 0.00000576. The normalized spacial score (nSPS) is 19.4. The summed E-state index contributed by atoms with van der Waals surface area (Å²) in [4.78, 5) is 7.38. The molecular formula is C19H41IN4O. The second-order valence-electron chi connectivity index (χ2n) is 7.16. The van der Waals surface area contributed by atoms with Gasteiger partial charge in [-0.3, -0.25) is 4.99 Å². The lowest BCUT2D eigenvalue weighted by Gasteiger charge is -2.32. The molecule has 0 aromatic carbocycles. The molecule has 1 fully saturated rings. The third-order valence-electron chi connectivity index (χ3n) is 5.67. The van der Waals surface area contributed by atoms with E-state index in [1.54, 1.807) is 0 Å². The molecule has 1 unspecified atom stereocenters. The molecule has 1 rings (SSSR count). The summed E-state index contributed by atoms with van der Waals surface area (Å²) in [5, 5.41) is 16.3. The maximum absolute atomic E-state index is 9.37. The summed E-state index contributed by atoms with van der Waals surface area (Å²) in [7, 11) is 0. The van der Waals surface area contributed by atoms with Gasteiger partial charge in [0.2, 0.25) is 0 Å². The Hall–Kier alpha value is -0.0800. The highest BCUT2D eigenvalue weighted by Gasteiger charge is 2.25. The number of nitrogens with one attached hydrogen (secondary N) is 2. The number of piperidine rings is 1. The number of aliphatic imine (C=N–C) groups is 1. The Labute approximate surface area is 172 Å². The molecule has 5 nitrogen and oxygen atoms in total. The highest BCUT2D eigenvalue weighted by Crippen LogP contribution is 2.30. The predicted octanol–water partition coefficient (Wildman–Crippen LogP) is 3.08. The molecule has 1 aliphatic rings. The van der Waals surface area contributed by atoms with E-state index in [2.05, 4.69) is 43.2 Å². The summed E-state index contributed by atoms with van der Waals surface area (Å²) in [5.41, 5.74) is 0.126. The van der Waals surface area contributed by atoms with Crippen LogP contribution in [0.25, 0.3) is 0 Å². The molecule has 0 aliphatic carbocycles. The fourth-order valence-electron chi connectivity index (χ4n) is 3.58. The van der Waals surface area contributed by atoms with Crippen molar-refractivity contribution in [3.8, 4) is 0 Å². The number of likely N-dealkylation sites (tertiary alicyclic amines) is 1. The van der Waals surface area contributed by atoms with Crippen LogP contribution in [0.5, 0.6) is 0 Å². The van der Waals surface area contributed by atoms with Crippen LogP contribution in [0, 0.1) is 11.3 Å². The fraction of sp³-hybridized carbons (Fsp3) is 0.947. The number of nitrogens with zero attached hydrogens (tertiary/aromatic N) is 2. The van der Waals surface area contributed by atoms with Crippen LogP contribution in [0.2, 0.25) is 0 Å². The van der Waals surface area contributed by atoms with Crippen molar-refractivity contribution in [2.75, 3.05) is 45.9 Å². The van der Waals surface area contributed by atoms with E-state index in [1.807, 2.05) is 0 Å². The quantitative estimate of drug-likeness (QED) is 0.262. The van der Waals surface area contributed by atoms with Crippen LogP contribution in [0.1, 0.15) is 59.8 Å². The summed E-state index contributed by atoms with van der Waals surface area (Å²) < 4.78 is 0. The van der Waals surface area contributed by atoms with Crippen molar-refractivity contribution in [1.82, 2.24) is 15.5 Å². The van der Waals surface area contributed by atoms with Crippen molar-refractivity contribution in [2.24, 2.45) is 16.3 Å². The van der Waals surface area contributed by atoms with Gasteiger partial charge in [-0.15, -0.1) is 24.0 Å². The van der Waals surface area contributed by atoms with Crippen LogP contribution in [0.4, 0.5) is 0 Å². The minimum absolute atomic E-state index is 0. The fourth-order valence-corrected chi connectivity index (χ4v) is 3.58. The van der Waals surface area contributed by atoms with E-state index in [4.69, 9.17) is 4.99 Å². The molecule has 0 amide bonds. The van der Waals surface area contributed by atoms with Gasteiger partial charge < -0.3 is 20.6 Å². The van der Waals surface area contributed by atoms with Gasteiger partial charge in [-0.25, -0.2) is 0 Å². The highest BCUT2D eigenvalue weighted by molar-refractivity contribution is 14.0. The summed E-state index contributed by atoms with van der Waals surface area (Å²) in [5.74, 6) is 1.64. The summed E-state index contributed by atoms with van der Waals surface area (Å²) in [6, 6.07) is 0. The first-order valence-electron chi connectivity index (χ1n) is 9.98. The molecule has 0 saturated carbocycles. The maximum Gasteiger partial charge on any atom is 0.191 e. The largest absolute Gasteiger partial charge is 0.396 e. The standard InChI is InChI=1S/C19H40N4O.HI/c1-5-19(6-2,11-13-24)16-22-18(20-7-3)21-14-17-10-9-12-23(8-4)15-17;/h17,24H,5-16H2,1-4H3,(H2,20,21,22);1H. The van der Waals surface area contributed by atoms with E-state index in [0.717, 1.165) is 51.4 Å². The lowest BCUT2D eigenvalue weighted by Crippen LogP contribution is -2.44. The average molecular weight is 468 g/mol. The van der Waals surface area contributed by atoms with Crippen molar-refractivity contribution in [1.29, 1.82) is 0 Å². The Morgan fingerprint density at radius 2 is 1.92 bits per heavy atom. The molecule has 0 aromatic heterocycles. The molecule has 1 aliphatic heterocycles. The predicted molar refractivity (Wildman–Crippen MR) is 119 cm³/mol. The Morgan fingerprint density at radius 1 is 1.20 bits per heavy atom. The average Bonchev–Trinajstić information content (AvgIpc) is 2.63. The number of aliphatic hydroxyl groups excluding tert-OH is 1. The Morgan fingerprint density at radius 3 is 2.48 bits per heavy atom. The Kier molecular flexibility index (Phi) is 14.0. The van der Waals surface area contributed by atoms with Gasteiger partial charge in [0.05, 0.1) is 0 Å². The Bertz CT molecular complexity index is 361. The van der Waals surface area contributed by atoms with Crippen molar-refractivity contribution >= 4 is 29.9 Å². The molecule has 150 valence electrons. The zero-order valence-electron chi connectivity index (χ0n) is 16.8. The molecule has 0 spiro atoms. The van der Waals surface area contributed by atoms with Crippen molar-refractivity contribution < 1.29 is 5.11 Å². The molecule has 0 radical (unpaired) electrons. The van der Waals surface area contributed by atoms with Crippen LogP contribution in [0.3, 0.4) is 0 Å². The first-order chi connectivity index (χ1) is 11.6. The highest BCUT2D eigenvalue weighted by atomic mass is 127. The number of hydrogen-bond donors (Lipinski definition) is 3. The number of hydrogen-bond acceptors (Lipinski definition) is 3. The molecular weight excluding hydrogens is 427 g/mol. The summed E-state index contributed by atoms with van der Waals surface area (Å²) in [6.45, 7) is 15.3. The number of guanidine groups is 1. The molecule has 3 N–H and O–H groups in total. The van der Waals surface area contributed by atoms with E-state index >= 15 is 0 Å². The molecule has 6 heteroatoms. The van der Waals surface area contributed by atoms with E-state index in [1.165, 1.54) is 25.9 Å². The van der Waals surface area contributed by atoms with Gasteiger partial charge in [0.25, 0.3) is 0 Å². The van der Waals surface area contributed by atoms with Gasteiger partial charge in [0, 0.05) is 32.8 Å². The lowest BCUT2D eigenvalue weighted by molar-refractivity contribution is 0.175. The molecule has 1 atom stereocenters. The van der Waals surface area contributed by atoms with E-state index in [0.29, 0.717) is 5.92 Å². The van der Waals surface area contributed by atoms with Gasteiger partial charge >= 0.3 is 0 Å². The van der Waals surface area contributed by atoms with Gasteiger partial charge in [0.1, 0.15) is 0 Å². The third kappa shape index (κ3) is 8.91. The summed E-state index contributed by atoms with van der Waals surface area (Å²) in [6.07, 6.45) is 5.56. The van der Waals surface area contributed by atoms with Crippen LogP contribution in [-0.2, 0) is 0 Å². The second-order valence-corrected chi connectivity index (χ2v) is 7.16. The number of aliphatic hydroxyl groups is 1. The second kappa shape index (κ2) is 14.0. The molecule has 0 bridgehead atoms. The molecule has 1 saturated heterocycles. The smallest absolute Gasteiger partial charge is 0.191 e. The zero-order chi connectivity index (χ0) is 17.8. The van der Waals surface area contributed by atoms with Crippen LogP contribution in [-0.4, -0.2) is 61.8 Å². The minimum atomic E-state index is 0. The number of rotatable bonds is 10. The third-order valence-corrected chi connectivity index (χ3v) is 5.67. The van der Waals surface area contributed by atoms with Crippen LogP contribution < -0.4 is 10.6 Å². The zero-order valence-corrected chi connectivity index (χ0v) is 19.1. The molecule has 0 aromatic rings. The lowest BCUT2D eigenvalue weighted by atomic mass is 9.79.